The molecule has 5 rings (SSSR count). The fraction of sp³-hybridized carbons (Fsp3) is 0.0435. The highest BCUT2D eigenvalue weighted by Crippen LogP contribution is 2.26. The molecule has 0 aliphatic heterocycles. The number of halogens is 1. The van der Waals surface area contributed by atoms with Gasteiger partial charge >= 0.3 is 0 Å². The Morgan fingerprint density at radius 1 is 1.00 bits per heavy atom. The molecule has 0 aliphatic carbocycles. The predicted molar refractivity (Wildman–Crippen MR) is 120 cm³/mol. The fourth-order valence-corrected chi connectivity index (χ4v) is 4.09. The molecule has 2 heterocycles. The molecule has 4 nitrogen and oxygen atoms in total. The normalized spacial score (nSPS) is 12.0. The maximum absolute atomic E-state index is 6.14. The van der Waals surface area contributed by atoms with Crippen molar-refractivity contribution in [3.05, 3.63) is 88.7 Å². The average Bonchev–Trinajstić information content (AvgIpc) is 3.15. The summed E-state index contributed by atoms with van der Waals surface area (Å²) in [5, 5.41) is 7.83. The topological polar surface area (TPSA) is 50.4 Å². The van der Waals surface area contributed by atoms with Crippen LogP contribution in [0.25, 0.3) is 32.5 Å². The van der Waals surface area contributed by atoms with Crippen molar-refractivity contribution in [2.45, 2.75) is 6.92 Å². The van der Waals surface area contributed by atoms with Crippen molar-refractivity contribution >= 4 is 49.3 Å². The van der Waals surface area contributed by atoms with Gasteiger partial charge in [0.25, 0.3) is 0 Å². The van der Waals surface area contributed by atoms with Gasteiger partial charge in [0.2, 0.25) is 5.13 Å². The van der Waals surface area contributed by atoms with Gasteiger partial charge in [-0.2, -0.15) is 5.10 Å². The molecule has 0 aliphatic rings. The molecule has 0 amide bonds. The number of para-hydroxylation sites is 1. The minimum absolute atomic E-state index is 0.688. The monoisotopic (exact) mass is 417 g/mol. The summed E-state index contributed by atoms with van der Waals surface area (Å²) in [7, 11) is 0. The van der Waals surface area contributed by atoms with Crippen LogP contribution in [-0.4, -0.2) is 4.98 Å². The van der Waals surface area contributed by atoms with Crippen LogP contribution >= 0.6 is 22.9 Å². The first-order chi connectivity index (χ1) is 14.2. The van der Waals surface area contributed by atoms with Gasteiger partial charge in [-0.3, -0.25) is 5.43 Å². The number of aryl methyl sites for hydroxylation is 1. The molecule has 2 aromatic heterocycles. The Balaban J connectivity index is 1.64. The van der Waals surface area contributed by atoms with E-state index >= 15 is 0 Å². The zero-order valence-electron chi connectivity index (χ0n) is 15.5. The minimum atomic E-state index is 0.688. The molecular formula is C23H16ClN3OS. The SMILES string of the molecule is Cc1ccc2oc(-c3ccc(Cl)cc3)c/c(=N\Nc3nc4ccccc4s3)c2c1. The van der Waals surface area contributed by atoms with Crippen LogP contribution in [0.5, 0.6) is 0 Å². The van der Waals surface area contributed by atoms with Crippen LogP contribution in [0.1, 0.15) is 5.56 Å². The number of fused-ring (bicyclic) bond motifs is 2. The van der Waals surface area contributed by atoms with Crippen molar-refractivity contribution in [3.8, 4) is 11.3 Å². The third-order valence-corrected chi connectivity index (χ3v) is 5.79. The summed E-state index contributed by atoms with van der Waals surface area (Å²) in [5.41, 5.74) is 6.93. The number of nitrogens with one attached hydrogen (secondary N) is 1. The summed E-state index contributed by atoms with van der Waals surface area (Å²) in [4.78, 5) is 4.59. The fourth-order valence-electron chi connectivity index (χ4n) is 3.16. The largest absolute Gasteiger partial charge is 0.456 e. The van der Waals surface area contributed by atoms with Crippen LogP contribution in [0, 0.1) is 6.92 Å². The Labute approximate surface area is 176 Å². The number of thiazole rings is 1. The van der Waals surface area contributed by atoms with E-state index < -0.39 is 0 Å². The maximum atomic E-state index is 6.14. The van der Waals surface area contributed by atoms with Crippen LogP contribution in [0.3, 0.4) is 0 Å². The van der Waals surface area contributed by atoms with Crippen LogP contribution in [0.15, 0.2) is 82.3 Å². The Morgan fingerprint density at radius 2 is 1.83 bits per heavy atom. The summed E-state index contributed by atoms with van der Waals surface area (Å²) >= 11 is 7.60. The van der Waals surface area contributed by atoms with E-state index in [-0.39, 0.29) is 0 Å². The number of hydrogen-bond donors (Lipinski definition) is 1. The van der Waals surface area contributed by atoms with Gasteiger partial charge in [-0.25, -0.2) is 4.98 Å². The van der Waals surface area contributed by atoms with Gasteiger partial charge in [-0.05, 0) is 55.5 Å². The van der Waals surface area contributed by atoms with Crippen molar-refractivity contribution in [2.24, 2.45) is 5.10 Å². The molecule has 0 fully saturated rings. The lowest BCUT2D eigenvalue weighted by molar-refractivity contribution is 0.618. The van der Waals surface area contributed by atoms with Crippen molar-refractivity contribution < 1.29 is 4.42 Å². The predicted octanol–water partition coefficient (Wildman–Crippen LogP) is 6.60. The van der Waals surface area contributed by atoms with Gasteiger partial charge in [0.05, 0.1) is 15.6 Å². The summed E-state index contributed by atoms with van der Waals surface area (Å²) in [6.07, 6.45) is 0. The lowest BCUT2D eigenvalue weighted by Gasteiger charge is -2.06. The van der Waals surface area contributed by atoms with E-state index in [2.05, 4.69) is 34.6 Å². The summed E-state index contributed by atoms with van der Waals surface area (Å²) in [5.74, 6) is 0.725. The molecular weight excluding hydrogens is 402 g/mol. The maximum Gasteiger partial charge on any atom is 0.204 e. The highest BCUT2D eigenvalue weighted by atomic mass is 35.5. The number of anilines is 1. The highest BCUT2D eigenvalue weighted by Gasteiger charge is 2.07. The number of aromatic nitrogens is 1. The van der Waals surface area contributed by atoms with E-state index in [0.717, 1.165) is 48.6 Å². The summed E-state index contributed by atoms with van der Waals surface area (Å²) < 4.78 is 7.26. The summed E-state index contributed by atoms with van der Waals surface area (Å²) in [6, 6.07) is 23.6. The Bertz CT molecular complexity index is 1370. The number of benzene rings is 3. The van der Waals surface area contributed by atoms with Gasteiger partial charge in [-0.15, -0.1) is 0 Å². The molecule has 0 atom stereocenters. The van der Waals surface area contributed by atoms with E-state index in [1.54, 1.807) is 11.3 Å². The standard InChI is InChI=1S/C23H16ClN3OS/c1-14-6-11-20-17(12-14)19(13-21(28-20)15-7-9-16(24)10-8-15)26-27-23-25-18-4-2-3-5-22(18)29-23/h2-13H,1H3,(H,25,27)/b26-19+. The third kappa shape index (κ3) is 3.62. The molecule has 3 aromatic carbocycles. The second-order valence-corrected chi connectivity index (χ2v) is 8.18. The van der Waals surface area contributed by atoms with Crippen LogP contribution < -0.4 is 10.8 Å². The second-order valence-electron chi connectivity index (χ2n) is 6.71. The molecule has 5 aromatic rings. The minimum Gasteiger partial charge on any atom is -0.456 e. The lowest BCUT2D eigenvalue weighted by atomic mass is 10.1. The zero-order chi connectivity index (χ0) is 19.8. The zero-order valence-corrected chi connectivity index (χ0v) is 17.1. The Kier molecular flexibility index (Phi) is 4.54. The van der Waals surface area contributed by atoms with E-state index in [1.165, 1.54) is 0 Å². The van der Waals surface area contributed by atoms with Gasteiger partial charge in [0, 0.05) is 22.0 Å². The van der Waals surface area contributed by atoms with E-state index in [4.69, 9.17) is 16.0 Å². The molecule has 6 heteroatoms. The molecule has 1 N–H and O–H groups in total. The van der Waals surface area contributed by atoms with E-state index in [9.17, 15) is 0 Å². The van der Waals surface area contributed by atoms with Gasteiger partial charge in [0.1, 0.15) is 11.3 Å². The Hall–Kier alpha value is -3.15. The molecule has 0 saturated heterocycles. The lowest BCUT2D eigenvalue weighted by Crippen LogP contribution is -2.07. The molecule has 142 valence electrons. The van der Waals surface area contributed by atoms with Crippen molar-refractivity contribution in [2.75, 3.05) is 5.43 Å². The molecule has 0 bridgehead atoms. The second kappa shape index (κ2) is 7.35. The molecule has 0 spiro atoms. The Morgan fingerprint density at radius 3 is 2.66 bits per heavy atom. The summed E-state index contributed by atoms with van der Waals surface area (Å²) in [6.45, 7) is 2.05. The van der Waals surface area contributed by atoms with Crippen molar-refractivity contribution in [1.82, 2.24) is 4.98 Å². The van der Waals surface area contributed by atoms with Gasteiger partial charge in [0.15, 0.2) is 0 Å². The quantitative estimate of drug-likeness (QED) is 0.336. The van der Waals surface area contributed by atoms with Gasteiger partial charge < -0.3 is 4.42 Å². The van der Waals surface area contributed by atoms with Crippen LogP contribution in [-0.2, 0) is 0 Å². The van der Waals surface area contributed by atoms with Crippen molar-refractivity contribution in [3.63, 3.8) is 0 Å². The van der Waals surface area contributed by atoms with Crippen molar-refractivity contribution in [1.29, 1.82) is 0 Å². The first kappa shape index (κ1) is 17.9. The number of rotatable bonds is 3. The molecule has 0 saturated carbocycles. The number of hydrogen-bond acceptors (Lipinski definition) is 5. The van der Waals surface area contributed by atoms with Crippen LogP contribution in [0.2, 0.25) is 5.02 Å². The van der Waals surface area contributed by atoms with E-state index in [0.29, 0.717) is 5.02 Å². The average molecular weight is 418 g/mol. The highest BCUT2D eigenvalue weighted by molar-refractivity contribution is 7.22. The first-order valence-corrected chi connectivity index (χ1v) is 10.3. The molecule has 0 unspecified atom stereocenters. The molecule has 0 radical (unpaired) electrons. The smallest absolute Gasteiger partial charge is 0.204 e. The van der Waals surface area contributed by atoms with E-state index in [1.807, 2.05) is 60.7 Å². The first-order valence-electron chi connectivity index (χ1n) is 9.11. The third-order valence-electron chi connectivity index (χ3n) is 4.59. The number of nitrogens with zero attached hydrogens (tertiary/aromatic N) is 2. The molecule has 29 heavy (non-hydrogen) atoms. The van der Waals surface area contributed by atoms with Gasteiger partial charge in [-0.1, -0.05) is 46.7 Å². The van der Waals surface area contributed by atoms with Crippen LogP contribution in [0.4, 0.5) is 5.13 Å².